The summed E-state index contributed by atoms with van der Waals surface area (Å²) in [6, 6.07) is 7.74. The summed E-state index contributed by atoms with van der Waals surface area (Å²) in [5.41, 5.74) is 2.44. The smallest absolute Gasteiger partial charge is 0.390 e. The summed E-state index contributed by atoms with van der Waals surface area (Å²) in [5, 5.41) is 5.03. The standard InChI is InChI=1S/C19H18BClN6O3/c1-25-15-16(23-18(25)20)22-9-26(17(15)28)8-14-24-27(19(29)30-14)13-6-11(7-13)10-2-4-12(21)5-3-10/h2-5,9,11,13H,6-8,20H2,1H3/t11-,13-. The number of fused-ring (bicyclic) bond motifs is 1. The topological polar surface area (TPSA) is 101 Å². The van der Waals surface area contributed by atoms with E-state index in [0.29, 0.717) is 27.8 Å². The predicted molar refractivity (Wildman–Crippen MR) is 113 cm³/mol. The van der Waals surface area contributed by atoms with E-state index in [1.165, 1.54) is 21.1 Å². The van der Waals surface area contributed by atoms with Crippen LogP contribution in [0.3, 0.4) is 0 Å². The summed E-state index contributed by atoms with van der Waals surface area (Å²) in [7, 11) is 3.57. The molecule has 0 N–H and O–H groups in total. The van der Waals surface area contributed by atoms with Crippen LogP contribution in [0.2, 0.25) is 5.02 Å². The molecule has 0 aliphatic heterocycles. The summed E-state index contributed by atoms with van der Waals surface area (Å²) in [6.45, 7) is 0.0293. The van der Waals surface area contributed by atoms with E-state index in [1.54, 1.807) is 11.6 Å². The van der Waals surface area contributed by atoms with E-state index in [2.05, 4.69) is 15.1 Å². The Morgan fingerprint density at radius 1 is 1.23 bits per heavy atom. The maximum absolute atomic E-state index is 12.8. The van der Waals surface area contributed by atoms with E-state index in [1.807, 2.05) is 32.1 Å². The fourth-order valence-corrected chi connectivity index (χ4v) is 4.04. The van der Waals surface area contributed by atoms with Gasteiger partial charge in [-0.1, -0.05) is 23.7 Å². The lowest BCUT2D eigenvalue weighted by Crippen LogP contribution is -2.31. The molecule has 1 saturated carbocycles. The monoisotopic (exact) mass is 424 g/mol. The molecule has 0 radical (unpaired) electrons. The number of aryl methyl sites for hydroxylation is 1. The highest BCUT2D eigenvalue weighted by atomic mass is 35.5. The minimum absolute atomic E-state index is 0.0206. The van der Waals surface area contributed by atoms with Crippen LogP contribution in [0, 0.1) is 0 Å². The molecule has 9 nitrogen and oxygen atoms in total. The van der Waals surface area contributed by atoms with Crippen molar-refractivity contribution in [3.63, 3.8) is 0 Å². The Bertz CT molecular complexity index is 1360. The molecular weight excluding hydrogens is 407 g/mol. The molecule has 0 unspecified atom stereocenters. The van der Waals surface area contributed by atoms with Crippen LogP contribution in [0.5, 0.6) is 0 Å². The van der Waals surface area contributed by atoms with Crippen LogP contribution in [0.25, 0.3) is 11.2 Å². The Balaban J connectivity index is 1.35. The Morgan fingerprint density at radius 3 is 2.70 bits per heavy atom. The number of rotatable bonds is 4. The van der Waals surface area contributed by atoms with E-state index < -0.39 is 5.76 Å². The Hall–Kier alpha value is -3.14. The summed E-state index contributed by atoms with van der Waals surface area (Å²) in [5.74, 6) is 0.0294. The molecular formula is C19H18BClN6O3. The molecule has 0 atom stereocenters. The number of imidazole rings is 1. The molecule has 1 fully saturated rings. The van der Waals surface area contributed by atoms with Crippen molar-refractivity contribution >= 4 is 36.3 Å². The van der Waals surface area contributed by atoms with E-state index >= 15 is 0 Å². The summed E-state index contributed by atoms with van der Waals surface area (Å²) >= 11 is 5.94. The van der Waals surface area contributed by atoms with Crippen molar-refractivity contribution in [3.05, 3.63) is 68.0 Å². The van der Waals surface area contributed by atoms with E-state index in [9.17, 15) is 9.59 Å². The number of hydrogen-bond donors (Lipinski definition) is 0. The van der Waals surface area contributed by atoms with Gasteiger partial charge < -0.3 is 8.98 Å². The molecule has 1 aliphatic carbocycles. The second kappa shape index (κ2) is 6.98. The van der Waals surface area contributed by atoms with Crippen molar-refractivity contribution in [3.8, 4) is 0 Å². The minimum atomic E-state index is -0.511. The van der Waals surface area contributed by atoms with Gasteiger partial charge in [-0.2, -0.15) is 4.68 Å². The Morgan fingerprint density at radius 2 is 1.97 bits per heavy atom. The Kier molecular flexibility index (Phi) is 4.39. The molecule has 3 heterocycles. The molecule has 0 bridgehead atoms. The lowest BCUT2D eigenvalue weighted by molar-refractivity contribution is 0.233. The highest BCUT2D eigenvalue weighted by Gasteiger charge is 2.34. The van der Waals surface area contributed by atoms with Crippen molar-refractivity contribution in [1.82, 2.24) is 28.9 Å². The van der Waals surface area contributed by atoms with Crippen LogP contribution in [0.1, 0.15) is 36.3 Å². The number of benzene rings is 1. The predicted octanol–water partition coefficient (Wildman–Crippen LogP) is 0.358. The number of nitrogens with zero attached hydrogens (tertiary/aromatic N) is 6. The zero-order valence-electron chi connectivity index (χ0n) is 16.4. The van der Waals surface area contributed by atoms with Crippen LogP contribution in [0.4, 0.5) is 0 Å². The summed E-state index contributed by atoms with van der Waals surface area (Å²) < 4.78 is 9.75. The van der Waals surface area contributed by atoms with Gasteiger partial charge in [0.05, 0.1) is 11.8 Å². The molecule has 4 aromatic rings. The van der Waals surface area contributed by atoms with Gasteiger partial charge in [-0.3, -0.25) is 9.36 Å². The second-order valence-corrected chi connectivity index (χ2v) is 8.08. The van der Waals surface area contributed by atoms with Crippen LogP contribution in [0.15, 0.2) is 44.6 Å². The van der Waals surface area contributed by atoms with Gasteiger partial charge in [0.2, 0.25) is 5.89 Å². The van der Waals surface area contributed by atoms with Crippen molar-refractivity contribution in [2.75, 3.05) is 0 Å². The average molecular weight is 425 g/mol. The lowest BCUT2D eigenvalue weighted by atomic mass is 9.76. The first kappa shape index (κ1) is 18.9. The number of hydrogen-bond acceptors (Lipinski definition) is 6. The van der Waals surface area contributed by atoms with Crippen molar-refractivity contribution in [1.29, 1.82) is 0 Å². The van der Waals surface area contributed by atoms with Crippen molar-refractivity contribution < 1.29 is 4.42 Å². The molecule has 1 aromatic carbocycles. The normalized spacial score (nSPS) is 18.6. The zero-order valence-corrected chi connectivity index (χ0v) is 17.2. The van der Waals surface area contributed by atoms with Gasteiger partial charge in [0.15, 0.2) is 19.0 Å². The third kappa shape index (κ3) is 3.07. The first-order valence-electron chi connectivity index (χ1n) is 9.63. The molecule has 152 valence electrons. The van der Waals surface area contributed by atoms with Gasteiger partial charge in [0.1, 0.15) is 12.9 Å². The second-order valence-electron chi connectivity index (χ2n) is 7.65. The quantitative estimate of drug-likeness (QED) is 0.438. The van der Waals surface area contributed by atoms with Crippen molar-refractivity contribution in [2.45, 2.75) is 31.3 Å². The van der Waals surface area contributed by atoms with Crippen LogP contribution < -0.4 is 17.0 Å². The summed E-state index contributed by atoms with van der Waals surface area (Å²) in [4.78, 5) is 33.6. The average Bonchev–Trinajstić information content (AvgIpc) is 3.18. The van der Waals surface area contributed by atoms with Crippen LogP contribution in [-0.4, -0.2) is 36.7 Å². The highest BCUT2D eigenvalue weighted by Crippen LogP contribution is 2.43. The van der Waals surface area contributed by atoms with E-state index in [4.69, 9.17) is 16.0 Å². The van der Waals surface area contributed by atoms with Gasteiger partial charge >= 0.3 is 5.76 Å². The van der Waals surface area contributed by atoms with Gasteiger partial charge in [0, 0.05) is 12.1 Å². The third-order valence-corrected chi connectivity index (χ3v) is 6.05. The van der Waals surface area contributed by atoms with Crippen LogP contribution in [-0.2, 0) is 13.6 Å². The number of halogens is 1. The summed E-state index contributed by atoms with van der Waals surface area (Å²) in [6.07, 6.45) is 3.00. The number of aromatic nitrogens is 6. The van der Waals surface area contributed by atoms with Gasteiger partial charge in [-0.05, 0) is 36.5 Å². The lowest BCUT2D eigenvalue weighted by Gasteiger charge is -2.34. The fraction of sp³-hybridized carbons (Fsp3) is 0.316. The van der Waals surface area contributed by atoms with E-state index in [0.717, 1.165) is 12.8 Å². The van der Waals surface area contributed by atoms with E-state index in [-0.39, 0.29) is 24.0 Å². The first-order chi connectivity index (χ1) is 14.4. The van der Waals surface area contributed by atoms with Crippen molar-refractivity contribution in [2.24, 2.45) is 7.05 Å². The van der Waals surface area contributed by atoms with Gasteiger partial charge in [-0.25, -0.2) is 14.8 Å². The minimum Gasteiger partial charge on any atom is -0.390 e. The zero-order chi connectivity index (χ0) is 21.0. The van der Waals surface area contributed by atoms with Crippen LogP contribution >= 0.6 is 11.6 Å². The largest absolute Gasteiger partial charge is 0.437 e. The van der Waals surface area contributed by atoms with Gasteiger partial charge in [-0.15, -0.1) is 5.10 Å². The highest BCUT2D eigenvalue weighted by molar-refractivity contribution is 6.30. The molecule has 1 aliphatic rings. The molecule has 3 aromatic heterocycles. The molecule has 0 saturated heterocycles. The molecule has 0 spiro atoms. The third-order valence-electron chi connectivity index (χ3n) is 5.80. The maximum Gasteiger partial charge on any atom is 0.437 e. The van der Waals surface area contributed by atoms with Gasteiger partial charge in [0.25, 0.3) is 5.56 Å². The molecule has 11 heteroatoms. The fourth-order valence-electron chi connectivity index (χ4n) is 3.91. The molecule has 0 amide bonds. The molecule has 30 heavy (non-hydrogen) atoms. The first-order valence-corrected chi connectivity index (χ1v) is 10.0. The molecule has 5 rings (SSSR count). The SMILES string of the molecule is Bc1nc2ncn(Cc3nn([C@H]4C[C@H](c5ccc(Cl)cc5)C4)c(=O)o3)c(=O)c2n1C. The Labute approximate surface area is 176 Å². The maximum atomic E-state index is 12.8.